The second-order valence-corrected chi connectivity index (χ2v) is 0.971. The first-order valence-corrected chi connectivity index (χ1v) is 1.73. The first-order chi connectivity index (χ1) is 3.63. The minimum absolute atomic E-state index is 0. The van der Waals surface area contributed by atoms with Crippen molar-refractivity contribution in [3.8, 4) is 0 Å². The van der Waals surface area contributed by atoms with Gasteiger partial charge in [0, 0.05) is 6.08 Å². The summed E-state index contributed by atoms with van der Waals surface area (Å²) in [4.78, 5) is 18.8. The Labute approximate surface area is 94.0 Å². The topological polar surface area (TPSA) is 77.1 Å². The van der Waals surface area contributed by atoms with Gasteiger partial charge in [-0.1, -0.05) is 0 Å². The van der Waals surface area contributed by atoms with Gasteiger partial charge in [-0.3, -0.25) is 0 Å². The van der Waals surface area contributed by atoms with Crippen LogP contribution in [0.3, 0.4) is 0 Å². The van der Waals surface area contributed by atoms with Gasteiger partial charge in [-0.15, -0.1) is 0 Å². The van der Waals surface area contributed by atoms with Crippen LogP contribution >= 0.6 is 0 Å². The molecule has 4 nitrogen and oxygen atoms in total. The van der Waals surface area contributed by atoms with Crippen molar-refractivity contribution in [3.05, 3.63) is 12.2 Å². The van der Waals surface area contributed by atoms with Crippen molar-refractivity contribution in [3.63, 3.8) is 0 Å². The van der Waals surface area contributed by atoms with Gasteiger partial charge in [0.05, 0.1) is 5.97 Å². The molecular weight excluding hydrogens is 151 g/mol. The van der Waals surface area contributed by atoms with Crippen LogP contribution in [0.2, 0.25) is 0 Å². The third kappa shape index (κ3) is 11.7. The molecule has 0 aromatic carbocycles. The van der Waals surface area contributed by atoms with Gasteiger partial charge < -0.3 is 9.90 Å². The molecule has 1 radical (unpaired) electrons. The van der Waals surface area contributed by atoms with Gasteiger partial charge in [-0.05, 0) is 6.08 Å². The molecule has 0 saturated heterocycles. The molecule has 0 aromatic heterocycles. The molecule has 0 aromatic rings. The van der Waals surface area contributed by atoms with Crippen molar-refractivity contribution in [2.24, 2.45) is 0 Å². The van der Waals surface area contributed by atoms with Crippen LogP contribution in [0, 0.1) is 0 Å². The molecule has 0 aliphatic rings. The van der Waals surface area contributed by atoms with Crippen molar-refractivity contribution in [2.75, 3.05) is 0 Å². The van der Waals surface area contributed by atoms with E-state index in [1.165, 1.54) is 0 Å². The molecule has 0 heterocycles. The Morgan fingerprint density at radius 3 is 1.78 bits per heavy atom. The SMILES string of the molecule is [K+].[O]C(=O)/C=C\C(=O)[O-]. The minimum Gasteiger partial charge on any atom is -0.545 e. The fourth-order valence-electron chi connectivity index (χ4n) is 0.136. The van der Waals surface area contributed by atoms with Crippen LogP contribution in [0.15, 0.2) is 12.2 Å². The fourth-order valence-corrected chi connectivity index (χ4v) is 0.136. The molecule has 0 atom stereocenters. The maximum atomic E-state index is 9.41. The Hall–Kier alpha value is 0.316. The van der Waals surface area contributed by atoms with E-state index < -0.39 is 11.9 Å². The Bertz CT molecular complexity index is 124. The fraction of sp³-hybridized carbons (Fsp3) is 0. The van der Waals surface area contributed by atoms with Crippen molar-refractivity contribution >= 4 is 11.9 Å². The molecule has 9 heavy (non-hydrogen) atoms. The van der Waals surface area contributed by atoms with Crippen LogP contribution < -0.4 is 56.5 Å². The third-order valence-electron chi connectivity index (χ3n) is 0.355. The molecular formula is C4H2KO4. The Balaban J connectivity index is 0. The standard InChI is InChI=1S/C4H3O4.K/c5-3(6)1-2-4(7)8;/h1-2H,(H,5,6);/q;+1/p-1/b2-1-;. The molecule has 0 unspecified atom stereocenters. The first-order valence-electron chi connectivity index (χ1n) is 1.73. The molecule has 0 spiro atoms. The minimum atomic E-state index is -1.55. The summed E-state index contributed by atoms with van der Waals surface area (Å²) in [6.07, 6.45) is 0.769. The Morgan fingerprint density at radius 2 is 1.67 bits per heavy atom. The number of aliphatic carboxylic acids is 1. The zero-order valence-corrected chi connectivity index (χ0v) is 7.91. The Kier molecular flexibility index (Phi) is 8.61. The van der Waals surface area contributed by atoms with Crippen molar-refractivity contribution in [2.45, 2.75) is 0 Å². The number of hydrogen-bond donors (Lipinski definition) is 0. The maximum Gasteiger partial charge on any atom is 1.00 e. The van der Waals surface area contributed by atoms with E-state index in [1.54, 1.807) is 0 Å². The van der Waals surface area contributed by atoms with Crippen molar-refractivity contribution in [1.82, 2.24) is 0 Å². The molecule has 0 saturated carbocycles. The summed E-state index contributed by atoms with van der Waals surface area (Å²) in [5.74, 6) is -3.09. The molecule has 0 rings (SSSR count). The van der Waals surface area contributed by atoms with Gasteiger partial charge in [0.25, 0.3) is 0 Å². The summed E-state index contributed by atoms with van der Waals surface area (Å²) in [5.41, 5.74) is 0. The van der Waals surface area contributed by atoms with E-state index in [4.69, 9.17) is 0 Å². The smallest absolute Gasteiger partial charge is 0.545 e. The van der Waals surface area contributed by atoms with Gasteiger partial charge in [-0.2, -0.15) is 0 Å². The van der Waals surface area contributed by atoms with E-state index in [0.29, 0.717) is 12.2 Å². The third-order valence-corrected chi connectivity index (χ3v) is 0.355. The average Bonchev–Trinajstić information content (AvgIpc) is 1.61. The van der Waals surface area contributed by atoms with E-state index in [9.17, 15) is 19.8 Å². The van der Waals surface area contributed by atoms with Crippen molar-refractivity contribution in [1.29, 1.82) is 0 Å². The zero-order valence-electron chi connectivity index (χ0n) is 4.79. The van der Waals surface area contributed by atoms with Gasteiger partial charge in [0.1, 0.15) is 0 Å². The summed E-state index contributed by atoms with van der Waals surface area (Å²) in [6, 6.07) is 0. The normalized spacial score (nSPS) is 8.44. The second-order valence-electron chi connectivity index (χ2n) is 0.971. The van der Waals surface area contributed by atoms with E-state index >= 15 is 0 Å². The van der Waals surface area contributed by atoms with Gasteiger partial charge in [0.2, 0.25) is 0 Å². The number of rotatable bonds is 2. The summed E-state index contributed by atoms with van der Waals surface area (Å²) in [7, 11) is 0. The van der Waals surface area contributed by atoms with Crippen molar-refractivity contribution < 1.29 is 71.2 Å². The van der Waals surface area contributed by atoms with Crippen LogP contribution in [0.25, 0.3) is 0 Å². The summed E-state index contributed by atoms with van der Waals surface area (Å²) >= 11 is 0. The summed E-state index contributed by atoms with van der Waals surface area (Å²) in [5, 5.41) is 18.8. The van der Waals surface area contributed by atoms with E-state index in [0.717, 1.165) is 0 Å². The molecule has 0 bridgehead atoms. The van der Waals surface area contributed by atoms with Gasteiger partial charge in [-0.25, -0.2) is 9.90 Å². The number of carbonyl (C=O) groups excluding carboxylic acids is 2. The molecule has 43 valence electrons. The van der Waals surface area contributed by atoms with E-state index in [2.05, 4.69) is 0 Å². The van der Waals surface area contributed by atoms with Crippen LogP contribution in [0.5, 0.6) is 0 Å². The second kappa shape index (κ2) is 6.44. The van der Waals surface area contributed by atoms with Crippen LogP contribution in [-0.4, -0.2) is 11.9 Å². The average molecular weight is 153 g/mol. The van der Waals surface area contributed by atoms with Crippen LogP contribution in [-0.2, 0) is 14.7 Å². The Morgan fingerprint density at radius 1 is 1.22 bits per heavy atom. The van der Waals surface area contributed by atoms with Crippen LogP contribution in [0.4, 0.5) is 0 Å². The predicted molar refractivity (Wildman–Crippen MR) is 19.8 cm³/mol. The zero-order chi connectivity index (χ0) is 6.57. The van der Waals surface area contributed by atoms with E-state index in [-0.39, 0.29) is 51.4 Å². The monoisotopic (exact) mass is 153 g/mol. The molecule has 0 fully saturated rings. The quantitative estimate of drug-likeness (QED) is 0.295. The number of hydrogen-bond acceptors (Lipinski definition) is 3. The number of carboxylic acids is 1. The summed E-state index contributed by atoms with van der Waals surface area (Å²) < 4.78 is 0. The predicted octanol–water partition coefficient (Wildman–Crippen LogP) is -4.75. The molecule has 5 heteroatoms. The maximum absolute atomic E-state index is 9.41. The molecule has 0 N–H and O–H groups in total. The number of carboxylic acid groups (broad SMARTS) is 1. The largest absolute Gasteiger partial charge is 1.00 e. The molecule has 0 aliphatic carbocycles. The molecule has 0 aliphatic heterocycles. The van der Waals surface area contributed by atoms with Gasteiger partial charge in [0.15, 0.2) is 0 Å². The van der Waals surface area contributed by atoms with Crippen LogP contribution in [0.1, 0.15) is 0 Å². The van der Waals surface area contributed by atoms with E-state index in [1.807, 2.05) is 0 Å². The molecule has 0 amide bonds. The number of carbonyl (C=O) groups is 2. The first kappa shape index (κ1) is 12.0. The summed E-state index contributed by atoms with van der Waals surface area (Å²) in [6.45, 7) is 0. The van der Waals surface area contributed by atoms with Gasteiger partial charge >= 0.3 is 57.4 Å².